The van der Waals surface area contributed by atoms with E-state index in [9.17, 15) is 9.18 Å². The molecule has 0 unspecified atom stereocenters. The zero-order valence-corrected chi connectivity index (χ0v) is 24.0. The molecule has 41 heavy (non-hydrogen) atoms. The number of carbonyl (C=O) groups is 1. The molecule has 7 heteroatoms. The van der Waals surface area contributed by atoms with Crippen molar-refractivity contribution in [2.75, 3.05) is 56.6 Å². The standard InChI is InChI=1S/C34H41FN4O2/c1-41-30-13-11-28(12-14-30)36-34(40)15-10-27-24-39(29-22-25-6-2-3-7-26(25)23-29)17-16-32(27)37-18-20-38(21-19-37)33-9-5-4-8-31(33)35/h2-9,11-14,27,29,32H,10,15-24H2,1H3,(H,36,40)/t27-,32+/m0/s1. The Bertz CT molecular complexity index is 1300. The minimum atomic E-state index is -0.146. The van der Waals surface area contributed by atoms with Crippen LogP contribution in [0.1, 0.15) is 30.4 Å². The van der Waals surface area contributed by atoms with Crippen LogP contribution in [-0.2, 0) is 17.6 Å². The van der Waals surface area contributed by atoms with Crippen LogP contribution in [0.15, 0.2) is 72.8 Å². The van der Waals surface area contributed by atoms with E-state index >= 15 is 0 Å². The van der Waals surface area contributed by atoms with E-state index in [4.69, 9.17) is 4.74 Å². The number of amides is 1. The smallest absolute Gasteiger partial charge is 0.224 e. The highest BCUT2D eigenvalue weighted by atomic mass is 19.1. The van der Waals surface area contributed by atoms with Crippen LogP contribution < -0.4 is 15.0 Å². The molecule has 1 N–H and O–H groups in total. The predicted octanol–water partition coefficient (Wildman–Crippen LogP) is 5.23. The van der Waals surface area contributed by atoms with E-state index < -0.39 is 0 Å². The Morgan fingerprint density at radius 3 is 2.24 bits per heavy atom. The summed E-state index contributed by atoms with van der Waals surface area (Å²) in [6.07, 6.45) is 4.70. The van der Waals surface area contributed by atoms with Crippen molar-refractivity contribution in [3.05, 3.63) is 89.7 Å². The molecule has 3 aliphatic rings. The fraction of sp³-hybridized carbons (Fsp3) is 0.441. The highest BCUT2D eigenvalue weighted by molar-refractivity contribution is 5.90. The van der Waals surface area contributed by atoms with E-state index in [1.807, 2.05) is 36.4 Å². The number of nitrogens with zero attached hydrogens (tertiary/aromatic N) is 3. The minimum absolute atomic E-state index is 0.0590. The molecule has 6 nitrogen and oxygen atoms in total. The molecular weight excluding hydrogens is 515 g/mol. The third kappa shape index (κ3) is 6.41. The van der Waals surface area contributed by atoms with Gasteiger partial charge in [-0.05, 0) is 85.7 Å². The first-order valence-corrected chi connectivity index (χ1v) is 15.1. The summed E-state index contributed by atoms with van der Waals surface area (Å²) in [5.41, 5.74) is 4.47. The lowest BCUT2D eigenvalue weighted by Gasteiger charge is -2.48. The second kappa shape index (κ2) is 12.6. The fourth-order valence-corrected chi connectivity index (χ4v) is 7.15. The Morgan fingerprint density at radius 1 is 0.878 bits per heavy atom. The van der Waals surface area contributed by atoms with E-state index in [2.05, 4.69) is 44.3 Å². The number of likely N-dealkylation sites (tertiary alicyclic amines) is 1. The van der Waals surface area contributed by atoms with Gasteiger partial charge in [0.05, 0.1) is 12.8 Å². The molecule has 0 saturated carbocycles. The quantitative estimate of drug-likeness (QED) is 0.412. The third-order valence-electron chi connectivity index (χ3n) is 9.36. The Hall–Kier alpha value is -3.42. The maximum absolute atomic E-state index is 14.4. The number of halogens is 1. The van der Waals surface area contributed by atoms with Gasteiger partial charge in [-0.25, -0.2) is 4.39 Å². The average molecular weight is 557 g/mol. The molecule has 1 amide bonds. The Kier molecular flexibility index (Phi) is 8.54. The van der Waals surface area contributed by atoms with Gasteiger partial charge in [0, 0.05) is 56.9 Å². The van der Waals surface area contributed by atoms with E-state index in [1.165, 1.54) is 11.1 Å². The number of ether oxygens (including phenoxy) is 1. The molecule has 2 aliphatic heterocycles. The molecule has 2 heterocycles. The van der Waals surface area contributed by atoms with Crippen LogP contribution in [0.4, 0.5) is 15.8 Å². The van der Waals surface area contributed by atoms with E-state index in [1.54, 1.807) is 19.2 Å². The number of para-hydroxylation sites is 1. The number of hydrogen-bond acceptors (Lipinski definition) is 5. The second-order valence-electron chi connectivity index (χ2n) is 11.7. The first-order chi connectivity index (χ1) is 20.1. The number of anilines is 2. The maximum Gasteiger partial charge on any atom is 0.224 e. The van der Waals surface area contributed by atoms with Crippen LogP contribution in [0.3, 0.4) is 0 Å². The Morgan fingerprint density at radius 2 is 1.56 bits per heavy atom. The molecule has 0 spiro atoms. The van der Waals surface area contributed by atoms with Crippen molar-refractivity contribution in [2.45, 2.75) is 44.2 Å². The summed E-state index contributed by atoms with van der Waals surface area (Å²) < 4.78 is 19.7. The lowest BCUT2D eigenvalue weighted by molar-refractivity contribution is -0.116. The molecule has 0 bridgehead atoms. The summed E-state index contributed by atoms with van der Waals surface area (Å²) in [5, 5.41) is 3.07. The van der Waals surface area contributed by atoms with Gasteiger partial charge in [0.15, 0.2) is 0 Å². The number of hydrogen-bond donors (Lipinski definition) is 1. The van der Waals surface area contributed by atoms with E-state index in [0.29, 0.717) is 30.1 Å². The SMILES string of the molecule is COc1ccc(NC(=O)CC[C@H]2CN(C3Cc4ccccc4C3)CC[C@H]2N2CCN(c3ccccc3F)CC2)cc1. The van der Waals surface area contributed by atoms with Crippen molar-refractivity contribution in [1.82, 2.24) is 9.80 Å². The van der Waals surface area contributed by atoms with E-state index in [0.717, 1.165) is 76.4 Å². The first kappa shape index (κ1) is 27.7. The average Bonchev–Trinajstić information content (AvgIpc) is 3.45. The van der Waals surface area contributed by atoms with Crippen LogP contribution in [-0.4, -0.2) is 74.2 Å². The van der Waals surface area contributed by atoms with E-state index in [-0.39, 0.29) is 11.7 Å². The van der Waals surface area contributed by atoms with Crippen LogP contribution in [0.2, 0.25) is 0 Å². The largest absolute Gasteiger partial charge is 0.497 e. The zero-order valence-electron chi connectivity index (χ0n) is 24.0. The van der Waals surface area contributed by atoms with Crippen molar-refractivity contribution in [3.63, 3.8) is 0 Å². The maximum atomic E-state index is 14.4. The number of carbonyl (C=O) groups excluding carboxylic acids is 1. The molecule has 2 fully saturated rings. The van der Waals surface area contributed by atoms with Crippen molar-refractivity contribution < 1.29 is 13.9 Å². The van der Waals surface area contributed by atoms with Crippen molar-refractivity contribution >= 4 is 17.3 Å². The molecule has 216 valence electrons. The predicted molar refractivity (Wildman–Crippen MR) is 162 cm³/mol. The molecule has 0 aromatic heterocycles. The summed E-state index contributed by atoms with van der Waals surface area (Å²) in [4.78, 5) is 20.5. The van der Waals surface area contributed by atoms with Crippen LogP contribution in [0.5, 0.6) is 5.75 Å². The lowest BCUT2D eigenvalue weighted by atomic mass is 9.85. The van der Waals surface area contributed by atoms with Gasteiger partial charge in [-0.3, -0.25) is 14.6 Å². The van der Waals surface area contributed by atoms with Gasteiger partial charge in [-0.1, -0.05) is 36.4 Å². The minimum Gasteiger partial charge on any atom is -0.497 e. The summed E-state index contributed by atoms with van der Waals surface area (Å²) in [6, 6.07) is 24.4. The molecule has 6 rings (SSSR count). The number of methoxy groups -OCH3 is 1. The molecule has 2 saturated heterocycles. The zero-order chi connectivity index (χ0) is 28.2. The highest BCUT2D eigenvalue weighted by Gasteiger charge is 2.38. The number of benzene rings is 3. The lowest BCUT2D eigenvalue weighted by Crippen LogP contribution is -2.58. The second-order valence-corrected chi connectivity index (χ2v) is 11.7. The van der Waals surface area contributed by atoms with Crippen LogP contribution in [0.25, 0.3) is 0 Å². The van der Waals surface area contributed by atoms with Gasteiger partial charge in [-0.15, -0.1) is 0 Å². The molecule has 3 aromatic carbocycles. The normalized spacial score (nSPS) is 22.0. The third-order valence-corrected chi connectivity index (χ3v) is 9.36. The van der Waals surface area contributed by atoms with Crippen molar-refractivity contribution in [1.29, 1.82) is 0 Å². The van der Waals surface area contributed by atoms with Gasteiger partial charge >= 0.3 is 0 Å². The summed E-state index contributed by atoms with van der Waals surface area (Å²) >= 11 is 0. The van der Waals surface area contributed by atoms with Crippen molar-refractivity contribution in [2.24, 2.45) is 5.92 Å². The molecule has 1 aliphatic carbocycles. The summed E-state index contributed by atoms with van der Waals surface area (Å²) in [5.74, 6) is 1.10. The van der Waals surface area contributed by atoms with Gasteiger partial charge in [-0.2, -0.15) is 0 Å². The Balaban J connectivity index is 1.11. The van der Waals surface area contributed by atoms with Gasteiger partial charge < -0.3 is 15.0 Å². The highest BCUT2D eigenvalue weighted by Crippen LogP contribution is 2.33. The number of nitrogens with one attached hydrogen (secondary N) is 1. The van der Waals surface area contributed by atoms with Gasteiger partial charge in [0.25, 0.3) is 0 Å². The molecule has 2 atom stereocenters. The Labute approximate surface area is 243 Å². The first-order valence-electron chi connectivity index (χ1n) is 15.1. The van der Waals surface area contributed by atoms with Crippen LogP contribution >= 0.6 is 0 Å². The summed E-state index contributed by atoms with van der Waals surface area (Å²) in [7, 11) is 1.64. The topological polar surface area (TPSA) is 48.1 Å². The molecule has 3 aromatic rings. The van der Waals surface area contributed by atoms with Gasteiger partial charge in [0.1, 0.15) is 11.6 Å². The van der Waals surface area contributed by atoms with Crippen LogP contribution in [0, 0.1) is 11.7 Å². The number of fused-ring (bicyclic) bond motifs is 1. The fourth-order valence-electron chi connectivity index (χ4n) is 7.15. The molecule has 0 radical (unpaired) electrons. The number of piperazine rings is 1. The summed E-state index contributed by atoms with van der Waals surface area (Å²) in [6.45, 7) is 5.59. The number of piperidine rings is 1. The molecular formula is C34H41FN4O2. The number of rotatable bonds is 8. The van der Waals surface area contributed by atoms with Crippen molar-refractivity contribution in [3.8, 4) is 5.75 Å². The van der Waals surface area contributed by atoms with Gasteiger partial charge in [0.2, 0.25) is 5.91 Å². The monoisotopic (exact) mass is 556 g/mol.